The first-order valence-electron chi connectivity index (χ1n) is 11.9. The number of piperidine rings is 1. The Balaban J connectivity index is 1.58. The summed E-state index contributed by atoms with van der Waals surface area (Å²) in [5.41, 5.74) is 3.34. The van der Waals surface area contributed by atoms with Crippen LogP contribution in [0.2, 0.25) is 0 Å². The predicted octanol–water partition coefficient (Wildman–Crippen LogP) is 3.93. The number of hydrogen-bond donors (Lipinski definition) is 2. The van der Waals surface area contributed by atoms with Crippen molar-refractivity contribution in [3.63, 3.8) is 0 Å². The highest BCUT2D eigenvalue weighted by Crippen LogP contribution is 2.26. The number of carbonyl (C=O) groups excluding carboxylic acids is 2. The molecule has 0 saturated carbocycles. The fraction of sp³-hybridized carbons (Fsp3) is 0.333. The Morgan fingerprint density at radius 2 is 1.85 bits per heavy atom. The van der Waals surface area contributed by atoms with Gasteiger partial charge in [0.05, 0.1) is 11.3 Å². The highest BCUT2D eigenvalue weighted by molar-refractivity contribution is 5.99. The Morgan fingerprint density at radius 1 is 1.03 bits per heavy atom. The molecule has 7 heteroatoms. The summed E-state index contributed by atoms with van der Waals surface area (Å²) in [6.07, 6.45) is 5.39. The van der Waals surface area contributed by atoms with Crippen molar-refractivity contribution in [2.75, 3.05) is 25.0 Å². The summed E-state index contributed by atoms with van der Waals surface area (Å²) in [6.45, 7) is 3.26. The molecule has 3 heterocycles. The van der Waals surface area contributed by atoms with E-state index in [-0.39, 0.29) is 17.9 Å². The Bertz CT molecular complexity index is 1100. The molecule has 1 aliphatic rings. The number of rotatable bonds is 8. The molecule has 0 spiro atoms. The van der Waals surface area contributed by atoms with Gasteiger partial charge in [0.1, 0.15) is 5.82 Å². The van der Waals surface area contributed by atoms with Gasteiger partial charge in [-0.1, -0.05) is 36.4 Å². The largest absolute Gasteiger partial charge is 0.369 e. The summed E-state index contributed by atoms with van der Waals surface area (Å²) < 4.78 is 0. The van der Waals surface area contributed by atoms with Crippen LogP contribution in [0.4, 0.5) is 5.82 Å². The lowest BCUT2D eigenvalue weighted by Gasteiger charge is -2.36. The van der Waals surface area contributed by atoms with Crippen molar-refractivity contribution in [2.45, 2.75) is 38.6 Å². The van der Waals surface area contributed by atoms with Crippen molar-refractivity contribution in [1.29, 1.82) is 0 Å². The van der Waals surface area contributed by atoms with Crippen LogP contribution >= 0.6 is 0 Å². The minimum Gasteiger partial charge on any atom is -0.369 e. The highest BCUT2D eigenvalue weighted by atomic mass is 16.2. The van der Waals surface area contributed by atoms with Crippen LogP contribution in [0.1, 0.15) is 42.2 Å². The van der Waals surface area contributed by atoms with Gasteiger partial charge in [0.2, 0.25) is 5.91 Å². The van der Waals surface area contributed by atoms with E-state index in [1.807, 2.05) is 65.6 Å². The molecule has 4 rings (SSSR count). The van der Waals surface area contributed by atoms with Gasteiger partial charge in [0.15, 0.2) is 0 Å². The van der Waals surface area contributed by atoms with Gasteiger partial charge in [-0.25, -0.2) is 4.98 Å². The fourth-order valence-corrected chi connectivity index (χ4v) is 4.29. The number of pyridine rings is 2. The number of benzene rings is 1. The van der Waals surface area contributed by atoms with E-state index < -0.39 is 0 Å². The first kappa shape index (κ1) is 23.4. The van der Waals surface area contributed by atoms with Crippen LogP contribution in [0.3, 0.4) is 0 Å². The Kier molecular flexibility index (Phi) is 7.86. The van der Waals surface area contributed by atoms with Gasteiger partial charge in [0.25, 0.3) is 5.91 Å². The third-order valence-corrected chi connectivity index (χ3v) is 6.07. The van der Waals surface area contributed by atoms with Crippen molar-refractivity contribution in [3.8, 4) is 11.3 Å². The molecule has 1 aromatic carbocycles. The molecule has 0 radical (unpaired) electrons. The van der Waals surface area contributed by atoms with E-state index >= 15 is 0 Å². The molecule has 1 unspecified atom stereocenters. The summed E-state index contributed by atoms with van der Waals surface area (Å²) in [5, 5.41) is 6.27. The van der Waals surface area contributed by atoms with E-state index in [0.717, 1.165) is 42.6 Å². The maximum atomic E-state index is 13.7. The number of anilines is 1. The summed E-state index contributed by atoms with van der Waals surface area (Å²) in [4.78, 5) is 36.2. The molecule has 0 bridgehead atoms. The van der Waals surface area contributed by atoms with Gasteiger partial charge in [-0.3, -0.25) is 14.6 Å². The second-order valence-corrected chi connectivity index (χ2v) is 8.54. The lowest BCUT2D eigenvalue weighted by molar-refractivity contribution is -0.119. The standard InChI is InChI=1S/C27H31N5O2/c1-20(33)30-19-23-12-6-8-18-32(23)27(34)24-13-14-25(21-9-3-2-4-10-21)31-26(24)29-17-15-22-11-5-7-16-28-22/h2-5,7,9-11,13-14,16,23H,6,8,12,15,17-19H2,1H3,(H,29,31)(H,30,33). The molecule has 2 N–H and O–H groups in total. The summed E-state index contributed by atoms with van der Waals surface area (Å²) >= 11 is 0. The maximum absolute atomic E-state index is 13.7. The molecule has 1 atom stereocenters. The van der Waals surface area contributed by atoms with Crippen LogP contribution in [0, 0.1) is 0 Å². The molecular weight excluding hydrogens is 426 g/mol. The molecule has 3 aromatic rings. The third-order valence-electron chi connectivity index (χ3n) is 6.07. The zero-order chi connectivity index (χ0) is 23.8. The number of hydrogen-bond acceptors (Lipinski definition) is 5. The van der Waals surface area contributed by atoms with Crippen LogP contribution in [-0.4, -0.2) is 52.4 Å². The van der Waals surface area contributed by atoms with Gasteiger partial charge in [-0.2, -0.15) is 0 Å². The van der Waals surface area contributed by atoms with Crippen LogP contribution in [-0.2, 0) is 11.2 Å². The first-order valence-corrected chi connectivity index (χ1v) is 11.9. The number of nitrogens with zero attached hydrogens (tertiary/aromatic N) is 3. The molecule has 2 aromatic heterocycles. The van der Waals surface area contributed by atoms with E-state index in [0.29, 0.717) is 31.0 Å². The molecule has 34 heavy (non-hydrogen) atoms. The quantitative estimate of drug-likeness (QED) is 0.535. The van der Waals surface area contributed by atoms with Crippen molar-refractivity contribution in [2.24, 2.45) is 0 Å². The monoisotopic (exact) mass is 457 g/mol. The molecule has 1 fully saturated rings. The average molecular weight is 458 g/mol. The van der Waals surface area contributed by atoms with Crippen LogP contribution in [0.5, 0.6) is 0 Å². The lowest BCUT2D eigenvalue weighted by Crippen LogP contribution is -2.49. The normalized spacial score (nSPS) is 15.6. The Hall–Kier alpha value is -3.74. The van der Waals surface area contributed by atoms with E-state index in [1.165, 1.54) is 6.92 Å². The van der Waals surface area contributed by atoms with E-state index in [4.69, 9.17) is 4.98 Å². The number of amides is 2. The van der Waals surface area contributed by atoms with Gasteiger partial charge in [-0.05, 0) is 43.5 Å². The van der Waals surface area contributed by atoms with Crippen LogP contribution in [0.15, 0.2) is 66.9 Å². The van der Waals surface area contributed by atoms with E-state index in [9.17, 15) is 9.59 Å². The van der Waals surface area contributed by atoms with Gasteiger partial charge >= 0.3 is 0 Å². The van der Waals surface area contributed by atoms with Gasteiger partial charge < -0.3 is 15.5 Å². The molecular formula is C27H31N5O2. The zero-order valence-corrected chi connectivity index (χ0v) is 19.5. The topological polar surface area (TPSA) is 87.2 Å². The molecule has 7 nitrogen and oxygen atoms in total. The predicted molar refractivity (Wildman–Crippen MR) is 133 cm³/mol. The number of likely N-dealkylation sites (tertiary alicyclic amines) is 1. The van der Waals surface area contributed by atoms with Crippen molar-refractivity contribution in [3.05, 3.63) is 78.1 Å². The Morgan fingerprint density at radius 3 is 2.62 bits per heavy atom. The third kappa shape index (κ3) is 5.98. The van der Waals surface area contributed by atoms with Gasteiger partial charge in [0, 0.05) is 56.5 Å². The van der Waals surface area contributed by atoms with Crippen LogP contribution in [0.25, 0.3) is 11.3 Å². The SMILES string of the molecule is CC(=O)NCC1CCCCN1C(=O)c1ccc(-c2ccccc2)nc1NCCc1ccccn1. The second-order valence-electron chi connectivity index (χ2n) is 8.54. The number of nitrogens with one attached hydrogen (secondary N) is 2. The van der Waals surface area contributed by atoms with Crippen molar-refractivity contribution >= 4 is 17.6 Å². The highest BCUT2D eigenvalue weighted by Gasteiger charge is 2.29. The summed E-state index contributed by atoms with van der Waals surface area (Å²) in [6, 6.07) is 19.6. The van der Waals surface area contributed by atoms with Crippen molar-refractivity contribution in [1.82, 2.24) is 20.2 Å². The Labute approximate surface area is 200 Å². The molecule has 2 amide bonds. The van der Waals surface area contributed by atoms with Crippen LogP contribution < -0.4 is 10.6 Å². The fourth-order valence-electron chi connectivity index (χ4n) is 4.29. The number of carbonyl (C=O) groups is 2. The molecule has 1 saturated heterocycles. The summed E-state index contributed by atoms with van der Waals surface area (Å²) in [5.74, 6) is 0.442. The van der Waals surface area contributed by atoms with Gasteiger partial charge in [-0.15, -0.1) is 0 Å². The molecule has 0 aliphatic carbocycles. The maximum Gasteiger partial charge on any atom is 0.257 e. The average Bonchev–Trinajstić information content (AvgIpc) is 2.88. The van der Waals surface area contributed by atoms with Crippen molar-refractivity contribution < 1.29 is 9.59 Å². The molecule has 176 valence electrons. The first-order chi connectivity index (χ1) is 16.6. The van der Waals surface area contributed by atoms with E-state index in [2.05, 4.69) is 15.6 Å². The zero-order valence-electron chi connectivity index (χ0n) is 19.5. The van der Waals surface area contributed by atoms with E-state index in [1.54, 1.807) is 6.20 Å². The summed E-state index contributed by atoms with van der Waals surface area (Å²) in [7, 11) is 0. The lowest BCUT2D eigenvalue weighted by atomic mass is 10.0. The minimum absolute atomic E-state index is 0.0136. The minimum atomic E-state index is -0.0799. The number of aromatic nitrogens is 2. The smallest absolute Gasteiger partial charge is 0.257 e. The second kappa shape index (κ2) is 11.4. The molecule has 1 aliphatic heterocycles.